The standard InChI is InChI=1S/C8H13N5/c1-3-4-5-6-7-9-8-10-11-12-13(8)2/h1H,4-7H2,2H3,(H,9,10,12). The van der Waals surface area contributed by atoms with Crippen molar-refractivity contribution in [3.63, 3.8) is 0 Å². The van der Waals surface area contributed by atoms with Crippen LogP contribution in [0, 0.1) is 12.3 Å². The van der Waals surface area contributed by atoms with Gasteiger partial charge in [0.2, 0.25) is 5.95 Å². The molecule has 0 unspecified atom stereocenters. The van der Waals surface area contributed by atoms with Gasteiger partial charge in [-0.3, -0.25) is 0 Å². The molecule has 1 aromatic heterocycles. The molecule has 0 aliphatic heterocycles. The summed E-state index contributed by atoms with van der Waals surface area (Å²) in [6.45, 7) is 0.857. The molecule has 0 aromatic carbocycles. The molecule has 1 heterocycles. The Labute approximate surface area is 77.5 Å². The molecule has 5 nitrogen and oxygen atoms in total. The lowest BCUT2D eigenvalue weighted by molar-refractivity contribution is 0.707. The number of aromatic nitrogens is 4. The first-order valence-corrected chi connectivity index (χ1v) is 4.24. The summed E-state index contributed by atoms with van der Waals surface area (Å²) in [6, 6.07) is 0. The fourth-order valence-corrected chi connectivity index (χ4v) is 0.931. The summed E-state index contributed by atoms with van der Waals surface area (Å²) in [5, 5.41) is 14.1. The zero-order chi connectivity index (χ0) is 9.52. The summed E-state index contributed by atoms with van der Waals surface area (Å²) >= 11 is 0. The molecule has 0 spiro atoms. The number of anilines is 1. The maximum atomic E-state index is 5.12. The summed E-state index contributed by atoms with van der Waals surface area (Å²) in [4.78, 5) is 0. The molecule has 1 N–H and O–H groups in total. The van der Waals surface area contributed by atoms with Crippen LogP contribution in [0.15, 0.2) is 0 Å². The van der Waals surface area contributed by atoms with E-state index < -0.39 is 0 Å². The van der Waals surface area contributed by atoms with Crippen LogP contribution in [-0.4, -0.2) is 26.8 Å². The van der Waals surface area contributed by atoms with E-state index in [1.165, 1.54) is 0 Å². The highest BCUT2D eigenvalue weighted by molar-refractivity contribution is 5.20. The van der Waals surface area contributed by atoms with Gasteiger partial charge >= 0.3 is 0 Å². The van der Waals surface area contributed by atoms with E-state index >= 15 is 0 Å². The van der Waals surface area contributed by atoms with Crippen LogP contribution in [0.1, 0.15) is 19.3 Å². The predicted octanol–water partition coefficient (Wildman–Crippen LogP) is 0.425. The second-order valence-corrected chi connectivity index (χ2v) is 2.71. The Morgan fingerprint density at radius 2 is 2.38 bits per heavy atom. The SMILES string of the molecule is C#CCCCCNc1nnnn1C. The van der Waals surface area contributed by atoms with Gasteiger partial charge in [-0.05, 0) is 23.3 Å². The van der Waals surface area contributed by atoms with E-state index in [0.29, 0.717) is 5.95 Å². The summed E-state index contributed by atoms with van der Waals surface area (Å²) in [5.74, 6) is 3.29. The first kappa shape index (κ1) is 9.52. The molecular formula is C8H13N5. The largest absolute Gasteiger partial charge is 0.353 e. The van der Waals surface area contributed by atoms with Crippen LogP contribution in [0.3, 0.4) is 0 Å². The highest BCUT2D eigenvalue weighted by Gasteiger charge is 1.98. The zero-order valence-electron chi connectivity index (χ0n) is 7.69. The highest BCUT2D eigenvalue weighted by atomic mass is 15.6. The summed E-state index contributed by atoms with van der Waals surface area (Å²) < 4.78 is 1.60. The molecule has 70 valence electrons. The molecule has 1 rings (SSSR count). The second kappa shape index (κ2) is 5.14. The van der Waals surface area contributed by atoms with Crippen LogP contribution in [0.2, 0.25) is 0 Å². The molecule has 5 heteroatoms. The Hall–Kier alpha value is -1.57. The number of aryl methyl sites for hydroxylation is 1. The summed E-state index contributed by atoms with van der Waals surface area (Å²) in [6.07, 6.45) is 8.03. The molecule has 0 atom stereocenters. The maximum absolute atomic E-state index is 5.12. The van der Waals surface area contributed by atoms with Crippen molar-refractivity contribution in [1.29, 1.82) is 0 Å². The van der Waals surface area contributed by atoms with E-state index in [0.717, 1.165) is 25.8 Å². The molecule has 13 heavy (non-hydrogen) atoms. The number of nitrogens with one attached hydrogen (secondary N) is 1. The number of hydrogen-bond acceptors (Lipinski definition) is 4. The van der Waals surface area contributed by atoms with Crippen molar-refractivity contribution in [2.45, 2.75) is 19.3 Å². The molecular weight excluding hydrogens is 166 g/mol. The van der Waals surface area contributed by atoms with Gasteiger partial charge in [0.15, 0.2) is 0 Å². The van der Waals surface area contributed by atoms with E-state index in [4.69, 9.17) is 6.42 Å². The first-order chi connectivity index (χ1) is 6.34. The lowest BCUT2D eigenvalue weighted by Crippen LogP contribution is -2.07. The number of unbranched alkanes of at least 4 members (excludes halogenated alkanes) is 2. The Morgan fingerprint density at radius 1 is 1.54 bits per heavy atom. The van der Waals surface area contributed by atoms with Crippen LogP contribution >= 0.6 is 0 Å². The van der Waals surface area contributed by atoms with Gasteiger partial charge < -0.3 is 5.32 Å². The smallest absolute Gasteiger partial charge is 0.242 e. The second-order valence-electron chi connectivity index (χ2n) is 2.71. The predicted molar refractivity (Wildman–Crippen MR) is 50.0 cm³/mol. The van der Waals surface area contributed by atoms with Gasteiger partial charge in [-0.15, -0.1) is 12.3 Å². The van der Waals surface area contributed by atoms with Gasteiger partial charge in [0.1, 0.15) is 0 Å². The topological polar surface area (TPSA) is 55.6 Å². The van der Waals surface area contributed by atoms with E-state index in [2.05, 4.69) is 26.8 Å². The van der Waals surface area contributed by atoms with Crippen LogP contribution in [0.5, 0.6) is 0 Å². The quantitative estimate of drug-likeness (QED) is 0.526. The van der Waals surface area contributed by atoms with Crippen molar-refractivity contribution in [1.82, 2.24) is 20.2 Å². The van der Waals surface area contributed by atoms with Crippen LogP contribution in [0.25, 0.3) is 0 Å². The Balaban J connectivity index is 2.14. The third kappa shape index (κ3) is 3.11. The molecule has 1 aromatic rings. The molecule has 0 amide bonds. The van der Waals surface area contributed by atoms with Crippen LogP contribution in [-0.2, 0) is 7.05 Å². The minimum absolute atomic E-state index is 0.695. The van der Waals surface area contributed by atoms with E-state index in [9.17, 15) is 0 Å². The lowest BCUT2D eigenvalue weighted by atomic mass is 10.2. The molecule has 0 radical (unpaired) electrons. The maximum Gasteiger partial charge on any atom is 0.242 e. The van der Waals surface area contributed by atoms with Crippen molar-refractivity contribution in [2.75, 3.05) is 11.9 Å². The third-order valence-electron chi connectivity index (χ3n) is 1.65. The molecule has 0 aliphatic carbocycles. The van der Waals surface area contributed by atoms with E-state index in [-0.39, 0.29) is 0 Å². The normalized spacial score (nSPS) is 9.54. The van der Waals surface area contributed by atoms with Gasteiger partial charge in [-0.1, -0.05) is 5.10 Å². The summed E-state index contributed by atoms with van der Waals surface area (Å²) in [5.41, 5.74) is 0. The van der Waals surface area contributed by atoms with Crippen LogP contribution < -0.4 is 5.32 Å². The number of terminal acetylenes is 1. The minimum atomic E-state index is 0.695. The fourth-order valence-electron chi connectivity index (χ4n) is 0.931. The number of tetrazole rings is 1. The van der Waals surface area contributed by atoms with Gasteiger partial charge in [0, 0.05) is 20.0 Å². The van der Waals surface area contributed by atoms with Crippen molar-refractivity contribution >= 4 is 5.95 Å². The first-order valence-electron chi connectivity index (χ1n) is 4.24. The molecule has 0 saturated heterocycles. The molecule has 0 fully saturated rings. The van der Waals surface area contributed by atoms with Crippen molar-refractivity contribution in [2.24, 2.45) is 7.05 Å². The van der Waals surface area contributed by atoms with Crippen molar-refractivity contribution in [3.05, 3.63) is 0 Å². The Morgan fingerprint density at radius 3 is 3.00 bits per heavy atom. The number of nitrogens with zero attached hydrogens (tertiary/aromatic N) is 4. The van der Waals surface area contributed by atoms with E-state index in [1.54, 1.807) is 11.7 Å². The third-order valence-corrected chi connectivity index (χ3v) is 1.65. The van der Waals surface area contributed by atoms with Crippen molar-refractivity contribution in [3.8, 4) is 12.3 Å². The summed E-state index contributed by atoms with van der Waals surface area (Å²) in [7, 11) is 1.80. The average molecular weight is 179 g/mol. The molecule has 0 aliphatic rings. The Bertz CT molecular complexity index is 285. The Kier molecular flexibility index (Phi) is 3.76. The zero-order valence-corrected chi connectivity index (χ0v) is 7.69. The monoisotopic (exact) mass is 179 g/mol. The van der Waals surface area contributed by atoms with Crippen LogP contribution in [0.4, 0.5) is 5.95 Å². The van der Waals surface area contributed by atoms with Gasteiger partial charge in [-0.25, -0.2) is 4.68 Å². The minimum Gasteiger partial charge on any atom is -0.353 e. The molecule has 0 saturated carbocycles. The van der Waals surface area contributed by atoms with Crippen molar-refractivity contribution < 1.29 is 0 Å². The average Bonchev–Trinajstić information content (AvgIpc) is 2.52. The fraction of sp³-hybridized carbons (Fsp3) is 0.625. The van der Waals surface area contributed by atoms with Gasteiger partial charge in [-0.2, -0.15) is 0 Å². The van der Waals surface area contributed by atoms with Gasteiger partial charge in [0.05, 0.1) is 0 Å². The lowest BCUT2D eigenvalue weighted by Gasteiger charge is -2.01. The molecule has 0 bridgehead atoms. The van der Waals surface area contributed by atoms with E-state index in [1.807, 2.05) is 0 Å². The van der Waals surface area contributed by atoms with Gasteiger partial charge in [0.25, 0.3) is 0 Å². The number of hydrogen-bond donors (Lipinski definition) is 1. The highest BCUT2D eigenvalue weighted by Crippen LogP contribution is 1.98. The number of rotatable bonds is 5.